The third-order valence-electron chi connectivity index (χ3n) is 1.20. The fraction of sp³-hybridized carbons (Fsp3) is 0.778. The van der Waals surface area contributed by atoms with Crippen LogP contribution in [0.4, 0.5) is 0 Å². The molecule has 0 aromatic heterocycles. The molecule has 0 fully saturated rings. The fourth-order valence-corrected chi connectivity index (χ4v) is 0.628. The molecule has 0 saturated heterocycles. The van der Waals surface area contributed by atoms with Gasteiger partial charge in [-0.15, -0.1) is 0 Å². The summed E-state index contributed by atoms with van der Waals surface area (Å²) in [5.74, 6) is 4.60. The Kier molecular flexibility index (Phi) is 28.4. The Bertz CT molecular complexity index is 138. The first-order valence-electron chi connectivity index (χ1n) is 4.90. The van der Waals surface area contributed by atoms with Crippen molar-refractivity contribution < 1.29 is 19.1 Å². The topological polar surface area (TPSA) is 103 Å². The van der Waals surface area contributed by atoms with Crippen LogP contribution in [0.3, 0.4) is 0 Å². The molecule has 17 heavy (non-hydrogen) atoms. The molecule has 0 unspecified atom stereocenters. The van der Waals surface area contributed by atoms with E-state index >= 15 is 0 Å². The molecule has 108 valence electrons. The van der Waals surface area contributed by atoms with E-state index in [4.69, 9.17) is 9.47 Å². The van der Waals surface area contributed by atoms with Gasteiger partial charge < -0.3 is 24.4 Å². The van der Waals surface area contributed by atoms with Gasteiger partial charge in [-0.25, -0.2) is 0 Å². The number of rotatable bonds is 10. The Labute approximate surface area is 95.6 Å². The minimum absolute atomic E-state index is 0. The molecule has 0 aliphatic heterocycles. The predicted molar refractivity (Wildman–Crippen MR) is 59.3 cm³/mol. The minimum atomic E-state index is 0. The number of nitrogens with one attached hydrogen (secondary N) is 2. The van der Waals surface area contributed by atoms with Gasteiger partial charge in [0.15, 0.2) is 0 Å². The first kappa shape index (κ1) is 20.4. The van der Waals surface area contributed by atoms with Crippen LogP contribution in [0.2, 0.25) is 0 Å². The van der Waals surface area contributed by atoms with Crippen molar-refractivity contribution in [2.45, 2.75) is 6.42 Å². The second-order valence-corrected chi connectivity index (χ2v) is 2.50. The van der Waals surface area contributed by atoms with Crippen LogP contribution >= 0.6 is 0 Å². The fourth-order valence-electron chi connectivity index (χ4n) is 0.628. The molecule has 0 aromatic rings. The van der Waals surface area contributed by atoms with Crippen LogP contribution in [-0.4, -0.2) is 52.7 Å². The Morgan fingerprint density at radius 1 is 1.24 bits per heavy atom. The number of nitrogens with two attached hydrogens (primary N) is 1. The summed E-state index contributed by atoms with van der Waals surface area (Å²) in [5.41, 5.74) is 2.25. The van der Waals surface area contributed by atoms with Gasteiger partial charge in [-0.1, -0.05) is 0 Å². The maximum absolute atomic E-state index is 9.86. The summed E-state index contributed by atoms with van der Waals surface area (Å²) in [5, 5.41) is 2.34. The van der Waals surface area contributed by atoms with Gasteiger partial charge in [0, 0.05) is 13.0 Å². The van der Waals surface area contributed by atoms with Crippen molar-refractivity contribution in [3.05, 3.63) is 0 Å². The van der Waals surface area contributed by atoms with Crippen molar-refractivity contribution >= 4 is 12.7 Å². The number of carbonyl (C=O) groups excluding carboxylic acids is 2. The Morgan fingerprint density at radius 3 is 2.24 bits per heavy atom. The van der Waals surface area contributed by atoms with Crippen LogP contribution in [0.5, 0.6) is 0 Å². The summed E-state index contributed by atoms with van der Waals surface area (Å²) in [7, 11) is 1.65. The Morgan fingerprint density at radius 2 is 1.76 bits per heavy atom. The van der Waals surface area contributed by atoms with Crippen molar-refractivity contribution in [3.8, 4) is 0 Å². The Balaban J connectivity index is -0.000000440. The molecule has 0 rings (SSSR count). The molecule has 0 atom stereocenters. The number of aldehydes is 1. The zero-order chi connectivity index (χ0) is 12.5. The van der Waals surface area contributed by atoms with E-state index in [2.05, 4.69) is 16.6 Å². The summed E-state index contributed by atoms with van der Waals surface area (Å²) in [6.07, 6.45) is 2.76. The standard InChI is InChI=1S/C8H14NO4.CH6N2.Fm/c10-3-1-4-12-6-7-13-5-2-9-8-11;1-3-2;/h3H,1-2,4-7H2,(H,9,11);3H,2H2,1H3;/q-1;;. The smallest absolute Gasteiger partial charge is 0.122 e. The number of hydrazine groups is 1. The average molecular weight is 491 g/mol. The van der Waals surface area contributed by atoms with Crippen LogP contribution in [0.1, 0.15) is 6.42 Å². The van der Waals surface area contributed by atoms with Gasteiger partial charge in [0.05, 0.1) is 26.4 Å². The second-order valence-electron chi connectivity index (χ2n) is 2.50. The summed E-state index contributed by atoms with van der Waals surface area (Å²) in [6, 6.07) is 0. The molecule has 0 aromatic carbocycles. The molecule has 1 amide bonds. The molecule has 0 bridgehead atoms. The first-order valence-corrected chi connectivity index (χ1v) is 4.90. The van der Waals surface area contributed by atoms with Crippen LogP contribution in [0, 0.1) is 0 Å². The maximum Gasteiger partial charge on any atom is 0.122 e. The molecule has 0 aliphatic carbocycles. The van der Waals surface area contributed by atoms with Gasteiger partial charge >= 0.3 is 0 Å². The Hall–Kier alpha value is -2.02. The van der Waals surface area contributed by atoms with Crippen LogP contribution in [0.15, 0.2) is 0 Å². The molecule has 0 radical (unpaired) electrons. The average Bonchev–Trinajstić information content (AvgIpc) is 2.28. The maximum atomic E-state index is 9.86. The second kappa shape index (κ2) is 23.6. The molecular formula is C9H20FmN3O4-. The third kappa shape index (κ3) is 31.5. The molecule has 0 aliphatic rings. The molecule has 8 heteroatoms. The van der Waals surface area contributed by atoms with E-state index in [1.807, 2.05) is 0 Å². The van der Waals surface area contributed by atoms with Gasteiger partial charge in [-0.2, -0.15) is 6.41 Å². The zero-order valence-corrected chi connectivity index (χ0v) is 12.2. The first-order chi connectivity index (χ1) is 7.83. The summed E-state index contributed by atoms with van der Waals surface area (Å²) in [6.45, 7) is 2.29. The van der Waals surface area contributed by atoms with Crippen molar-refractivity contribution in [2.24, 2.45) is 5.84 Å². The zero-order valence-electron chi connectivity index (χ0n) is 9.82. The minimum Gasteiger partial charge on any atom is -0.528 e. The number of hydrogen-bond acceptors (Lipinski definition) is 6. The van der Waals surface area contributed by atoms with Crippen LogP contribution in [-0.2, 0) is 19.1 Å². The van der Waals surface area contributed by atoms with E-state index in [0.29, 0.717) is 39.4 Å². The molecular weight excluding hydrogens is 471 g/mol. The van der Waals surface area contributed by atoms with E-state index in [0.717, 1.165) is 6.29 Å². The number of hydrogen-bond donors (Lipinski definition) is 3. The largest absolute Gasteiger partial charge is 0.528 e. The predicted octanol–water partition coefficient (Wildman–Crippen LogP) is -1.66. The number of amides is 1. The van der Waals surface area contributed by atoms with E-state index in [9.17, 15) is 9.59 Å². The van der Waals surface area contributed by atoms with Crippen molar-refractivity contribution in [3.63, 3.8) is 0 Å². The monoisotopic (exact) mass is 491 g/mol. The van der Waals surface area contributed by atoms with E-state index in [1.54, 1.807) is 7.05 Å². The van der Waals surface area contributed by atoms with Gasteiger partial charge in [-0.05, 0) is 7.05 Å². The number of carbonyl (C=O) groups is 1. The number of ether oxygens (including phenoxy) is 2. The van der Waals surface area contributed by atoms with E-state index in [-0.39, 0.29) is 0 Å². The van der Waals surface area contributed by atoms with Gasteiger partial charge in [0.2, 0.25) is 0 Å². The van der Waals surface area contributed by atoms with Gasteiger partial charge in [0.25, 0.3) is 0 Å². The normalized spacial score (nSPS) is 8.35. The summed E-state index contributed by atoms with van der Waals surface area (Å²) >= 11 is 0. The third-order valence-corrected chi connectivity index (χ3v) is 1.20. The van der Waals surface area contributed by atoms with Gasteiger partial charge in [-0.3, -0.25) is 11.3 Å². The van der Waals surface area contributed by atoms with Crippen molar-refractivity contribution in [1.29, 1.82) is 0 Å². The van der Waals surface area contributed by atoms with Crippen molar-refractivity contribution in [1.82, 2.24) is 10.7 Å². The summed E-state index contributed by atoms with van der Waals surface area (Å²) < 4.78 is 10.1. The van der Waals surface area contributed by atoms with Crippen molar-refractivity contribution in [2.75, 3.05) is 40.0 Å². The molecule has 4 N–H and O–H groups in total. The van der Waals surface area contributed by atoms with E-state index in [1.165, 1.54) is 6.41 Å². The van der Waals surface area contributed by atoms with E-state index < -0.39 is 0 Å². The molecule has 0 heterocycles. The molecule has 7 nitrogen and oxygen atoms in total. The summed E-state index contributed by atoms with van der Waals surface area (Å²) in [4.78, 5) is 19.5. The van der Waals surface area contributed by atoms with Crippen LogP contribution in [0.25, 0.3) is 0 Å². The molecule has 0 saturated carbocycles. The van der Waals surface area contributed by atoms with Gasteiger partial charge in [0.1, 0.15) is 6.29 Å². The quantitative estimate of drug-likeness (QED) is 0.0846. The van der Waals surface area contributed by atoms with Crippen LogP contribution < -0.4 is 16.6 Å². The molecule has 0 spiro atoms. The SMILES string of the molecule is CNN.O=[C-]NCCOCCOCCC=O.[Fm].